The number of esters is 1. The average molecular weight is 289 g/mol. The highest BCUT2D eigenvalue weighted by molar-refractivity contribution is 5.82. The zero-order valence-electron chi connectivity index (χ0n) is 11.6. The monoisotopic (exact) mass is 289 g/mol. The molecule has 0 saturated carbocycles. The number of hydrogen-bond acceptors (Lipinski definition) is 6. The highest BCUT2D eigenvalue weighted by Gasteiger charge is 2.24. The van der Waals surface area contributed by atoms with E-state index in [2.05, 4.69) is 0 Å². The van der Waals surface area contributed by atoms with Crippen LogP contribution in [0, 0.1) is 0 Å². The minimum atomic E-state index is -0.549. The Morgan fingerprint density at radius 1 is 1.24 bits per heavy atom. The number of carbonyl (C=O) groups excluding carboxylic acids is 1. The molecular formula is C15H15NO5. The first-order chi connectivity index (χ1) is 10.2. The van der Waals surface area contributed by atoms with Gasteiger partial charge in [-0.15, -0.1) is 0 Å². The second-order valence-electron chi connectivity index (χ2n) is 4.75. The van der Waals surface area contributed by atoms with Gasteiger partial charge < -0.3 is 18.8 Å². The number of ether oxygens (including phenoxy) is 2. The summed E-state index contributed by atoms with van der Waals surface area (Å²) in [5.74, 6) is -0.313. The third-order valence-corrected chi connectivity index (χ3v) is 3.28. The first-order valence-electron chi connectivity index (χ1n) is 6.74. The van der Waals surface area contributed by atoms with Crippen molar-refractivity contribution in [1.29, 1.82) is 0 Å². The molecule has 0 atom stereocenters. The van der Waals surface area contributed by atoms with Gasteiger partial charge >= 0.3 is 5.97 Å². The lowest BCUT2D eigenvalue weighted by atomic mass is 10.2. The van der Waals surface area contributed by atoms with Crippen molar-refractivity contribution in [3.8, 4) is 5.75 Å². The van der Waals surface area contributed by atoms with E-state index in [1.165, 1.54) is 6.92 Å². The van der Waals surface area contributed by atoms with Gasteiger partial charge in [-0.1, -0.05) is 12.1 Å². The van der Waals surface area contributed by atoms with Crippen molar-refractivity contribution in [2.24, 2.45) is 0 Å². The minimum Gasteiger partial charge on any atom is -0.436 e. The Morgan fingerprint density at radius 3 is 2.67 bits per heavy atom. The number of anilines is 1. The molecule has 0 spiro atoms. The van der Waals surface area contributed by atoms with E-state index in [1.807, 2.05) is 4.90 Å². The van der Waals surface area contributed by atoms with E-state index in [0.717, 1.165) is 0 Å². The van der Waals surface area contributed by atoms with Gasteiger partial charge in [-0.3, -0.25) is 9.59 Å². The van der Waals surface area contributed by atoms with Crippen LogP contribution in [-0.2, 0) is 9.53 Å². The molecule has 0 N–H and O–H groups in total. The van der Waals surface area contributed by atoms with Crippen LogP contribution in [0.15, 0.2) is 33.5 Å². The van der Waals surface area contributed by atoms with Gasteiger partial charge in [0.1, 0.15) is 5.58 Å². The maximum atomic E-state index is 12.5. The number of morpholine rings is 1. The summed E-state index contributed by atoms with van der Waals surface area (Å²) in [4.78, 5) is 25.7. The van der Waals surface area contributed by atoms with Crippen LogP contribution in [0.25, 0.3) is 11.0 Å². The van der Waals surface area contributed by atoms with E-state index in [0.29, 0.717) is 37.3 Å². The number of fused-ring (bicyclic) bond motifs is 1. The van der Waals surface area contributed by atoms with Crippen LogP contribution in [0.1, 0.15) is 6.92 Å². The van der Waals surface area contributed by atoms with Crippen molar-refractivity contribution in [2.45, 2.75) is 6.92 Å². The van der Waals surface area contributed by atoms with E-state index in [-0.39, 0.29) is 17.1 Å². The van der Waals surface area contributed by atoms with Gasteiger partial charge in [0.2, 0.25) is 17.1 Å². The zero-order valence-corrected chi connectivity index (χ0v) is 11.6. The lowest BCUT2D eigenvalue weighted by Crippen LogP contribution is -2.37. The molecule has 6 heteroatoms. The number of para-hydroxylation sites is 1. The topological polar surface area (TPSA) is 69.0 Å². The summed E-state index contributed by atoms with van der Waals surface area (Å²) in [6.45, 7) is 3.49. The molecule has 2 heterocycles. The van der Waals surface area contributed by atoms with E-state index < -0.39 is 5.97 Å². The zero-order chi connectivity index (χ0) is 14.8. The molecule has 3 rings (SSSR count). The third kappa shape index (κ3) is 2.62. The van der Waals surface area contributed by atoms with Gasteiger partial charge in [0.15, 0.2) is 0 Å². The van der Waals surface area contributed by atoms with Gasteiger partial charge in [-0.25, -0.2) is 0 Å². The molecule has 0 radical (unpaired) electrons. The predicted molar refractivity (Wildman–Crippen MR) is 76.8 cm³/mol. The molecule has 0 amide bonds. The first kappa shape index (κ1) is 13.6. The number of nitrogens with zero attached hydrogens (tertiary/aromatic N) is 1. The van der Waals surface area contributed by atoms with E-state index >= 15 is 0 Å². The van der Waals surface area contributed by atoms with Crippen LogP contribution in [0.2, 0.25) is 0 Å². The molecule has 0 bridgehead atoms. The lowest BCUT2D eigenvalue weighted by molar-refractivity contribution is -0.132. The van der Waals surface area contributed by atoms with Crippen molar-refractivity contribution in [3.05, 3.63) is 34.5 Å². The summed E-state index contributed by atoms with van der Waals surface area (Å²) in [6, 6.07) is 6.90. The normalized spacial score (nSPS) is 15.2. The molecule has 1 saturated heterocycles. The Balaban J connectivity index is 2.19. The van der Waals surface area contributed by atoms with Crippen molar-refractivity contribution < 1.29 is 18.7 Å². The Kier molecular flexibility index (Phi) is 3.62. The Morgan fingerprint density at radius 2 is 1.95 bits per heavy atom. The van der Waals surface area contributed by atoms with Gasteiger partial charge in [-0.05, 0) is 12.1 Å². The van der Waals surface area contributed by atoms with Crippen molar-refractivity contribution in [1.82, 2.24) is 0 Å². The standard InChI is InChI=1S/C15H15NO5/c1-10(17)20-14-13(18)11-4-2-3-5-12(11)21-15(14)16-6-8-19-9-7-16/h2-5H,6-9H2,1H3. The lowest BCUT2D eigenvalue weighted by Gasteiger charge is -2.28. The van der Waals surface area contributed by atoms with Crippen molar-refractivity contribution in [3.63, 3.8) is 0 Å². The molecule has 0 aliphatic carbocycles. The summed E-state index contributed by atoms with van der Waals surface area (Å²) < 4.78 is 16.2. The molecule has 1 aromatic heterocycles. The Hall–Kier alpha value is -2.34. The summed E-state index contributed by atoms with van der Waals surface area (Å²) in [5.41, 5.74) is 0.133. The summed E-state index contributed by atoms with van der Waals surface area (Å²) in [7, 11) is 0. The van der Waals surface area contributed by atoms with Crippen LogP contribution < -0.4 is 15.1 Å². The van der Waals surface area contributed by atoms with Crippen LogP contribution >= 0.6 is 0 Å². The summed E-state index contributed by atoms with van der Waals surface area (Å²) >= 11 is 0. The van der Waals surface area contributed by atoms with E-state index in [9.17, 15) is 9.59 Å². The maximum Gasteiger partial charge on any atom is 0.308 e. The average Bonchev–Trinajstić information content (AvgIpc) is 2.50. The SMILES string of the molecule is CC(=O)Oc1c(N2CCOCC2)oc2ccccc2c1=O. The van der Waals surface area contributed by atoms with Gasteiger partial charge in [0.25, 0.3) is 0 Å². The largest absolute Gasteiger partial charge is 0.436 e. The first-order valence-corrected chi connectivity index (χ1v) is 6.74. The molecule has 1 fully saturated rings. The molecule has 110 valence electrons. The third-order valence-electron chi connectivity index (χ3n) is 3.28. The number of hydrogen-bond donors (Lipinski definition) is 0. The van der Waals surface area contributed by atoms with Crippen LogP contribution in [0.3, 0.4) is 0 Å². The molecule has 1 aromatic carbocycles. The molecule has 2 aromatic rings. The highest BCUT2D eigenvalue weighted by Crippen LogP contribution is 2.29. The van der Waals surface area contributed by atoms with Gasteiger partial charge in [0, 0.05) is 20.0 Å². The molecule has 6 nitrogen and oxygen atoms in total. The van der Waals surface area contributed by atoms with Gasteiger partial charge in [0.05, 0.1) is 18.6 Å². The molecular weight excluding hydrogens is 274 g/mol. The fraction of sp³-hybridized carbons (Fsp3) is 0.333. The molecule has 1 aliphatic rings. The van der Waals surface area contributed by atoms with Crippen molar-refractivity contribution in [2.75, 3.05) is 31.2 Å². The number of carbonyl (C=O) groups is 1. The number of benzene rings is 1. The second-order valence-corrected chi connectivity index (χ2v) is 4.75. The highest BCUT2D eigenvalue weighted by atomic mass is 16.5. The Bertz CT molecular complexity index is 730. The fourth-order valence-corrected chi connectivity index (χ4v) is 2.32. The van der Waals surface area contributed by atoms with Crippen LogP contribution in [0.5, 0.6) is 5.75 Å². The molecule has 0 unspecified atom stereocenters. The van der Waals surface area contributed by atoms with Gasteiger partial charge in [-0.2, -0.15) is 0 Å². The predicted octanol–water partition coefficient (Wildman–Crippen LogP) is 1.55. The van der Waals surface area contributed by atoms with E-state index in [1.54, 1.807) is 24.3 Å². The van der Waals surface area contributed by atoms with Crippen LogP contribution in [-0.4, -0.2) is 32.3 Å². The quantitative estimate of drug-likeness (QED) is 0.781. The fourth-order valence-electron chi connectivity index (χ4n) is 2.32. The van der Waals surface area contributed by atoms with Crippen LogP contribution in [0.4, 0.5) is 5.88 Å². The molecule has 21 heavy (non-hydrogen) atoms. The minimum absolute atomic E-state index is 0.0527. The van der Waals surface area contributed by atoms with E-state index in [4.69, 9.17) is 13.9 Å². The summed E-state index contributed by atoms with van der Waals surface area (Å²) in [6.07, 6.45) is 0. The maximum absolute atomic E-state index is 12.5. The number of rotatable bonds is 2. The second kappa shape index (κ2) is 5.57. The summed E-state index contributed by atoms with van der Waals surface area (Å²) in [5, 5.41) is 0.394. The molecule has 1 aliphatic heterocycles. The van der Waals surface area contributed by atoms with Crippen molar-refractivity contribution >= 4 is 22.8 Å². The Labute approximate surface area is 120 Å². The smallest absolute Gasteiger partial charge is 0.308 e.